The van der Waals surface area contributed by atoms with Crippen molar-refractivity contribution in [3.05, 3.63) is 55.0 Å². The van der Waals surface area contributed by atoms with E-state index in [4.69, 9.17) is 8.83 Å². The van der Waals surface area contributed by atoms with Crippen LogP contribution in [0.15, 0.2) is 58.1 Å². The lowest BCUT2D eigenvalue weighted by Gasteiger charge is -2.15. The lowest BCUT2D eigenvalue weighted by molar-refractivity contribution is 0.0846. The molecule has 1 unspecified atom stereocenters. The Morgan fingerprint density at radius 3 is 3.00 bits per heavy atom. The van der Waals surface area contributed by atoms with Gasteiger partial charge >= 0.3 is 0 Å². The standard InChI is InChI=1S/C18H19N3O4/c22-14-9-12(10-21-6-5-19-11-21)8-13(14)20-18(23)17-4-3-16(25-17)15-2-1-7-24-15/h1-7,11-14,22H,8-10H2,(H,20,23)/t12?,13-,14-/m1/s1. The minimum Gasteiger partial charge on any atom is -0.461 e. The number of carbonyl (C=O) groups is 1. The Bertz CT molecular complexity index is 823. The smallest absolute Gasteiger partial charge is 0.287 e. The molecule has 0 bridgehead atoms. The monoisotopic (exact) mass is 341 g/mol. The number of aromatic nitrogens is 2. The molecule has 130 valence electrons. The Morgan fingerprint density at radius 2 is 2.24 bits per heavy atom. The molecule has 1 amide bonds. The van der Waals surface area contributed by atoms with Crippen molar-refractivity contribution < 1.29 is 18.7 Å². The molecule has 1 aliphatic rings. The number of aliphatic hydroxyl groups is 1. The number of imidazole rings is 1. The molecule has 0 aromatic carbocycles. The molecule has 0 spiro atoms. The van der Waals surface area contributed by atoms with Crippen LogP contribution in [0.25, 0.3) is 11.5 Å². The fourth-order valence-electron chi connectivity index (χ4n) is 3.37. The van der Waals surface area contributed by atoms with Gasteiger partial charge in [0.15, 0.2) is 17.3 Å². The van der Waals surface area contributed by atoms with Crippen LogP contribution >= 0.6 is 0 Å². The van der Waals surface area contributed by atoms with Crippen LogP contribution in [-0.2, 0) is 6.54 Å². The van der Waals surface area contributed by atoms with Crippen molar-refractivity contribution in [2.24, 2.45) is 5.92 Å². The fraction of sp³-hybridized carbons (Fsp3) is 0.333. The van der Waals surface area contributed by atoms with Crippen molar-refractivity contribution in [1.82, 2.24) is 14.9 Å². The second kappa shape index (κ2) is 6.60. The van der Waals surface area contributed by atoms with E-state index in [0.717, 1.165) is 13.0 Å². The van der Waals surface area contributed by atoms with E-state index in [0.29, 0.717) is 23.9 Å². The first kappa shape index (κ1) is 15.7. The Labute approximate surface area is 144 Å². The number of nitrogens with zero attached hydrogens (tertiary/aromatic N) is 2. The zero-order valence-corrected chi connectivity index (χ0v) is 13.5. The third-order valence-electron chi connectivity index (χ3n) is 4.57. The molecule has 1 saturated carbocycles. The molecule has 3 atom stereocenters. The van der Waals surface area contributed by atoms with Gasteiger partial charge < -0.3 is 23.8 Å². The van der Waals surface area contributed by atoms with E-state index in [1.54, 1.807) is 43.1 Å². The minimum absolute atomic E-state index is 0.205. The molecule has 7 nitrogen and oxygen atoms in total. The highest BCUT2D eigenvalue weighted by molar-refractivity contribution is 5.92. The summed E-state index contributed by atoms with van der Waals surface area (Å²) in [5.41, 5.74) is 0. The maximum atomic E-state index is 12.4. The van der Waals surface area contributed by atoms with E-state index in [2.05, 4.69) is 10.3 Å². The van der Waals surface area contributed by atoms with E-state index in [1.807, 2.05) is 10.8 Å². The predicted octanol–water partition coefficient (Wildman–Crippen LogP) is 2.31. The first-order valence-electron chi connectivity index (χ1n) is 8.27. The van der Waals surface area contributed by atoms with Crippen LogP contribution in [-0.4, -0.2) is 32.7 Å². The summed E-state index contributed by atoms with van der Waals surface area (Å²) in [7, 11) is 0. The summed E-state index contributed by atoms with van der Waals surface area (Å²) in [4.78, 5) is 16.4. The van der Waals surface area contributed by atoms with Gasteiger partial charge in [-0.3, -0.25) is 4.79 Å². The molecule has 1 fully saturated rings. The fourth-order valence-corrected chi connectivity index (χ4v) is 3.37. The Balaban J connectivity index is 1.37. The number of carbonyl (C=O) groups excluding carboxylic acids is 1. The Morgan fingerprint density at radius 1 is 1.32 bits per heavy atom. The molecular weight excluding hydrogens is 322 g/mol. The van der Waals surface area contributed by atoms with Gasteiger partial charge in [0, 0.05) is 18.9 Å². The summed E-state index contributed by atoms with van der Waals surface area (Å²) >= 11 is 0. The largest absolute Gasteiger partial charge is 0.461 e. The molecular formula is C18H19N3O4. The molecule has 0 saturated heterocycles. The molecule has 3 aromatic rings. The molecule has 7 heteroatoms. The molecule has 0 aliphatic heterocycles. The van der Waals surface area contributed by atoms with Gasteiger partial charge in [0.05, 0.1) is 24.7 Å². The number of hydrogen-bond acceptors (Lipinski definition) is 5. The van der Waals surface area contributed by atoms with Gasteiger partial charge in [-0.15, -0.1) is 0 Å². The van der Waals surface area contributed by atoms with E-state index in [-0.39, 0.29) is 17.7 Å². The number of aliphatic hydroxyl groups excluding tert-OH is 1. The van der Waals surface area contributed by atoms with Crippen LogP contribution in [0, 0.1) is 5.92 Å². The predicted molar refractivity (Wildman–Crippen MR) is 88.6 cm³/mol. The number of amides is 1. The normalized spacial score (nSPS) is 23.0. The van der Waals surface area contributed by atoms with Crippen molar-refractivity contribution in [2.45, 2.75) is 31.5 Å². The van der Waals surface area contributed by atoms with Gasteiger partial charge in [-0.1, -0.05) is 0 Å². The average molecular weight is 341 g/mol. The van der Waals surface area contributed by atoms with Crippen LogP contribution < -0.4 is 5.32 Å². The highest BCUT2D eigenvalue weighted by Crippen LogP contribution is 2.28. The van der Waals surface area contributed by atoms with Crippen molar-refractivity contribution in [2.75, 3.05) is 0 Å². The second-order valence-corrected chi connectivity index (χ2v) is 6.39. The van der Waals surface area contributed by atoms with Gasteiger partial charge in [0.25, 0.3) is 5.91 Å². The Kier molecular flexibility index (Phi) is 4.15. The SMILES string of the molecule is O=C(N[C@@H]1CC(Cn2ccnc2)C[C@H]1O)c1ccc(-c2ccco2)o1. The third kappa shape index (κ3) is 3.36. The van der Waals surface area contributed by atoms with Gasteiger partial charge in [-0.05, 0) is 43.0 Å². The third-order valence-corrected chi connectivity index (χ3v) is 4.57. The zero-order valence-electron chi connectivity index (χ0n) is 13.5. The van der Waals surface area contributed by atoms with Crippen molar-refractivity contribution in [3.8, 4) is 11.5 Å². The van der Waals surface area contributed by atoms with Crippen LogP contribution in [0.1, 0.15) is 23.4 Å². The van der Waals surface area contributed by atoms with Crippen LogP contribution in [0.4, 0.5) is 0 Å². The molecule has 2 N–H and O–H groups in total. The quantitative estimate of drug-likeness (QED) is 0.743. The lowest BCUT2D eigenvalue weighted by atomic mass is 10.1. The molecule has 4 rings (SSSR count). The lowest BCUT2D eigenvalue weighted by Crippen LogP contribution is -2.39. The van der Waals surface area contributed by atoms with Crippen molar-refractivity contribution in [3.63, 3.8) is 0 Å². The van der Waals surface area contributed by atoms with E-state index >= 15 is 0 Å². The number of rotatable bonds is 5. The first-order valence-corrected chi connectivity index (χ1v) is 8.27. The average Bonchev–Trinajstić information content (AvgIpc) is 3.36. The maximum Gasteiger partial charge on any atom is 0.287 e. The maximum absolute atomic E-state index is 12.4. The molecule has 3 aromatic heterocycles. The van der Waals surface area contributed by atoms with Crippen LogP contribution in [0.2, 0.25) is 0 Å². The number of hydrogen-bond donors (Lipinski definition) is 2. The van der Waals surface area contributed by atoms with Gasteiger partial charge in [-0.25, -0.2) is 4.98 Å². The summed E-state index contributed by atoms with van der Waals surface area (Å²) in [6.07, 6.45) is 7.76. The highest BCUT2D eigenvalue weighted by Gasteiger charge is 2.34. The van der Waals surface area contributed by atoms with Crippen LogP contribution in [0.3, 0.4) is 0 Å². The summed E-state index contributed by atoms with van der Waals surface area (Å²) in [5.74, 6) is 1.24. The summed E-state index contributed by atoms with van der Waals surface area (Å²) in [6, 6.07) is 6.55. The van der Waals surface area contributed by atoms with E-state index < -0.39 is 6.10 Å². The number of nitrogens with one attached hydrogen (secondary N) is 1. The molecule has 1 aliphatic carbocycles. The zero-order chi connectivity index (χ0) is 17.2. The Hall–Kier alpha value is -2.80. The molecule has 25 heavy (non-hydrogen) atoms. The topological polar surface area (TPSA) is 93.4 Å². The van der Waals surface area contributed by atoms with E-state index in [1.165, 1.54) is 0 Å². The summed E-state index contributed by atoms with van der Waals surface area (Å²) in [6.45, 7) is 0.785. The molecule has 3 heterocycles. The summed E-state index contributed by atoms with van der Waals surface area (Å²) in [5, 5.41) is 13.1. The highest BCUT2D eigenvalue weighted by atomic mass is 16.4. The van der Waals surface area contributed by atoms with Gasteiger partial charge in [-0.2, -0.15) is 0 Å². The minimum atomic E-state index is -0.558. The number of furan rings is 2. The van der Waals surface area contributed by atoms with Crippen molar-refractivity contribution in [1.29, 1.82) is 0 Å². The van der Waals surface area contributed by atoms with Gasteiger partial charge in [0.2, 0.25) is 0 Å². The summed E-state index contributed by atoms with van der Waals surface area (Å²) < 4.78 is 12.8. The van der Waals surface area contributed by atoms with Gasteiger partial charge in [0.1, 0.15) is 0 Å². The first-order chi connectivity index (χ1) is 12.2. The van der Waals surface area contributed by atoms with E-state index in [9.17, 15) is 9.90 Å². The second-order valence-electron chi connectivity index (χ2n) is 6.39. The van der Waals surface area contributed by atoms with Crippen molar-refractivity contribution >= 4 is 5.91 Å². The molecule has 0 radical (unpaired) electrons. The van der Waals surface area contributed by atoms with Crippen LogP contribution in [0.5, 0.6) is 0 Å².